The van der Waals surface area contributed by atoms with E-state index in [9.17, 15) is 18.4 Å². The summed E-state index contributed by atoms with van der Waals surface area (Å²) in [5.41, 5.74) is 0.232. The lowest BCUT2D eigenvalue weighted by atomic mass is 9.49. The van der Waals surface area contributed by atoms with Crippen LogP contribution in [-0.2, 0) is 9.59 Å². The number of nitrogens with zero attached hydrogens (tertiary/aromatic N) is 2. The Balaban J connectivity index is 1.12. The molecule has 1 heterocycles. The second-order valence-electron chi connectivity index (χ2n) is 10.8. The first-order valence-corrected chi connectivity index (χ1v) is 12.1. The van der Waals surface area contributed by atoms with Crippen LogP contribution in [0.3, 0.4) is 0 Å². The molecule has 1 aromatic carbocycles. The van der Waals surface area contributed by atoms with Gasteiger partial charge in [0.05, 0.1) is 12.2 Å². The summed E-state index contributed by atoms with van der Waals surface area (Å²) in [4.78, 5) is 29.6. The first-order chi connectivity index (χ1) is 15.4. The van der Waals surface area contributed by atoms with Gasteiger partial charge in [-0.25, -0.2) is 8.78 Å². The standard InChI is InChI=1S/C25H33F2N3O2/c26-20-2-3-22(21(27)11-20)28-23(31)16-29-4-1-5-30(7-6-29)24(32)15-25-12-17-8-18(13-25)10-19(9-17)14-25/h2-3,11,17-19H,1,4-10,12-16H2,(H,28,31). The Morgan fingerprint density at radius 3 is 2.31 bits per heavy atom. The molecule has 0 unspecified atom stereocenters. The lowest BCUT2D eigenvalue weighted by Gasteiger charge is -2.57. The van der Waals surface area contributed by atoms with Gasteiger partial charge in [-0.05, 0) is 80.2 Å². The zero-order valence-corrected chi connectivity index (χ0v) is 18.6. The molecule has 1 N–H and O–H groups in total. The molecule has 174 valence electrons. The second kappa shape index (κ2) is 8.73. The van der Waals surface area contributed by atoms with E-state index in [2.05, 4.69) is 5.32 Å². The second-order valence-corrected chi connectivity index (χ2v) is 10.8. The van der Waals surface area contributed by atoms with Gasteiger partial charge in [0.1, 0.15) is 11.6 Å². The van der Waals surface area contributed by atoms with Gasteiger partial charge in [-0.1, -0.05) is 0 Å². The predicted octanol–water partition coefficient (Wildman–Crippen LogP) is 4.04. The Labute approximate surface area is 188 Å². The molecular weight excluding hydrogens is 412 g/mol. The minimum atomic E-state index is -0.782. The maximum absolute atomic E-state index is 13.8. The van der Waals surface area contributed by atoms with E-state index >= 15 is 0 Å². The van der Waals surface area contributed by atoms with Gasteiger partial charge < -0.3 is 10.2 Å². The number of benzene rings is 1. The lowest BCUT2D eigenvalue weighted by molar-refractivity contribution is -0.139. The van der Waals surface area contributed by atoms with E-state index in [1.54, 1.807) is 0 Å². The minimum Gasteiger partial charge on any atom is -0.341 e. The monoisotopic (exact) mass is 445 g/mol. The number of amides is 2. The number of hydrogen-bond donors (Lipinski definition) is 1. The van der Waals surface area contributed by atoms with E-state index in [0.717, 1.165) is 49.4 Å². The fourth-order valence-corrected chi connectivity index (χ4v) is 7.30. The molecule has 6 rings (SSSR count). The van der Waals surface area contributed by atoms with Gasteiger partial charge in [0.25, 0.3) is 0 Å². The van der Waals surface area contributed by atoms with Crippen LogP contribution in [0.1, 0.15) is 51.4 Å². The van der Waals surface area contributed by atoms with Crippen molar-refractivity contribution in [3.8, 4) is 0 Å². The lowest BCUT2D eigenvalue weighted by Crippen LogP contribution is -2.48. The molecule has 4 aliphatic carbocycles. The number of carbonyl (C=O) groups is 2. The Morgan fingerprint density at radius 1 is 0.969 bits per heavy atom. The number of carbonyl (C=O) groups excluding carboxylic acids is 2. The van der Waals surface area contributed by atoms with E-state index in [1.807, 2.05) is 9.80 Å². The molecule has 5 aliphatic rings. The molecule has 0 spiro atoms. The summed E-state index contributed by atoms with van der Waals surface area (Å²) in [5.74, 6) is 1.03. The van der Waals surface area contributed by atoms with Crippen molar-refractivity contribution in [2.45, 2.75) is 51.4 Å². The fraction of sp³-hybridized carbons (Fsp3) is 0.680. The number of anilines is 1. The third kappa shape index (κ3) is 4.68. The highest BCUT2D eigenvalue weighted by molar-refractivity contribution is 5.92. The Kier molecular flexibility index (Phi) is 5.95. The molecule has 4 saturated carbocycles. The molecule has 1 aliphatic heterocycles. The Morgan fingerprint density at radius 2 is 1.66 bits per heavy atom. The van der Waals surface area contributed by atoms with Crippen molar-refractivity contribution < 1.29 is 18.4 Å². The van der Waals surface area contributed by atoms with Gasteiger partial charge in [0, 0.05) is 38.7 Å². The Hall–Kier alpha value is -2.02. The highest BCUT2D eigenvalue weighted by atomic mass is 19.1. The van der Waals surface area contributed by atoms with Crippen molar-refractivity contribution in [2.75, 3.05) is 38.0 Å². The van der Waals surface area contributed by atoms with Crippen molar-refractivity contribution >= 4 is 17.5 Å². The fourth-order valence-electron chi connectivity index (χ4n) is 7.30. The summed E-state index contributed by atoms with van der Waals surface area (Å²) in [5, 5.41) is 2.52. The van der Waals surface area contributed by atoms with Crippen LogP contribution in [0, 0.1) is 34.8 Å². The van der Waals surface area contributed by atoms with Gasteiger partial charge in [-0.15, -0.1) is 0 Å². The number of halogens is 2. The van der Waals surface area contributed by atoms with Crippen molar-refractivity contribution in [2.24, 2.45) is 23.2 Å². The van der Waals surface area contributed by atoms with Gasteiger partial charge in [0.15, 0.2) is 0 Å². The third-order valence-electron chi connectivity index (χ3n) is 8.20. The summed E-state index contributed by atoms with van der Waals surface area (Å²) in [6, 6.07) is 3.11. The molecule has 32 heavy (non-hydrogen) atoms. The van der Waals surface area contributed by atoms with Crippen LogP contribution in [-0.4, -0.2) is 54.3 Å². The average molecular weight is 446 g/mol. The number of hydrogen-bond acceptors (Lipinski definition) is 3. The molecule has 5 nitrogen and oxygen atoms in total. The molecule has 5 fully saturated rings. The predicted molar refractivity (Wildman–Crippen MR) is 118 cm³/mol. The van der Waals surface area contributed by atoms with E-state index in [-0.39, 0.29) is 29.5 Å². The first-order valence-electron chi connectivity index (χ1n) is 12.1. The van der Waals surface area contributed by atoms with Crippen LogP contribution >= 0.6 is 0 Å². The van der Waals surface area contributed by atoms with Crippen LogP contribution < -0.4 is 5.32 Å². The molecule has 2 amide bonds. The van der Waals surface area contributed by atoms with E-state index in [0.29, 0.717) is 19.5 Å². The zero-order chi connectivity index (χ0) is 22.3. The van der Waals surface area contributed by atoms with Crippen molar-refractivity contribution in [3.63, 3.8) is 0 Å². The normalized spacial score (nSPS) is 32.1. The van der Waals surface area contributed by atoms with Crippen LogP contribution in [0.4, 0.5) is 14.5 Å². The van der Waals surface area contributed by atoms with Crippen LogP contribution in [0.15, 0.2) is 18.2 Å². The summed E-state index contributed by atoms with van der Waals surface area (Å²) in [6.07, 6.45) is 9.40. The number of rotatable bonds is 5. The molecule has 1 aromatic rings. The molecule has 0 atom stereocenters. The maximum atomic E-state index is 13.8. The maximum Gasteiger partial charge on any atom is 0.238 e. The van der Waals surface area contributed by atoms with Crippen molar-refractivity contribution in [1.82, 2.24) is 9.80 Å². The Bertz CT molecular complexity index is 855. The first kappa shape index (κ1) is 21.8. The van der Waals surface area contributed by atoms with Crippen molar-refractivity contribution in [3.05, 3.63) is 29.8 Å². The molecule has 7 heteroatoms. The summed E-state index contributed by atoms with van der Waals surface area (Å²) in [7, 11) is 0. The molecule has 1 saturated heterocycles. The van der Waals surface area contributed by atoms with Gasteiger partial charge in [-0.2, -0.15) is 0 Å². The molecule has 0 radical (unpaired) electrons. The number of nitrogens with one attached hydrogen (secondary N) is 1. The summed E-state index contributed by atoms with van der Waals surface area (Å²) in [6.45, 7) is 2.85. The molecular formula is C25H33F2N3O2. The van der Waals surface area contributed by atoms with Gasteiger partial charge >= 0.3 is 0 Å². The van der Waals surface area contributed by atoms with Crippen LogP contribution in [0.25, 0.3) is 0 Å². The van der Waals surface area contributed by atoms with Crippen LogP contribution in [0.2, 0.25) is 0 Å². The van der Waals surface area contributed by atoms with E-state index < -0.39 is 11.6 Å². The summed E-state index contributed by atoms with van der Waals surface area (Å²) >= 11 is 0. The van der Waals surface area contributed by atoms with Crippen molar-refractivity contribution in [1.29, 1.82) is 0 Å². The topological polar surface area (TPSA) is 52.7 Å². The molecule has 4 bridgehead atoms. The smallest absolute Gasteiger partial charge is 0.238 e. The van der Waals surface area contributed by atoms with Gasteiger partial charge in [0.2, 0.25) is 11.8 Å². The highest BCUT2D eigenvalue weighted by Gasteiger charge is 2.51. The minimum absolute atomic E-state index is 0.0152. The highest BCUT2D eigenvalue weighted by Crippen LogP contribution is 2.61. The largest absolute Gasteiger partial charge is 0.341 e. The third-order valence-corrected chi connectivity index (χ3v) is 8.20. The van der Waals surface area contributed by atoms with Crippen LogP contribution in [0.5, 0.6) is 0 Å². The van der Waals surface area contributed by atoms with Gasteiger partial charge in [-0.3, -0.25) is 14.5 Å². The van der Waals surface area contributed by atoms with E-state index in [1.165, 1.54) is 44.6 Å². The zero-order valence-electron chi connectivity index (χ0n) is 18.6. The summed E-state index contributed by atoms with van der Waals surface area (Å²) < 4.78 is 26.8. The molecule has 0 aromatic heterocycles. The SMILES string of the molecule is O=C(CN1CCCN(C(=O)CC23CC4CC(CC(C4)C2)C3)CC1)Nc1ccc(F)cc1F. The van der Waals surface area contributed by atoms with E-state index in [4.69, 9.17) is 0 Å². The quantitative estimate of drug-likeness (QED) is 0.744. The average Bonchev–Trinajstić information content (AvgIpc) is 2.94.